The first-order chi connectivity index (χ1) is 6.68. The van der Waals surface area contributed by atoms with Crippen molar-refractivity contribution >= 4 is 12.1 Å². The van der Waals surface area contributed by atoms with Gasteiger partial charge in [0.25, 0.3) is 0 Å². The lowest BCUT2D eigenvalue weighted by Gasteiger charge is -2.24. The molecular weight excluding hydrogens is 188 g/mol. The van der Waals surface area contributed by atoms with Crippen LogP contribution in [0.15, 0.2) is 0 Å². The smallest absolute Gasteiger partial charge is 0.426 e. The van der Waals surface area contributed by atoms with Crippen molar-refractivity contribution in [3.05, 3.63) is 0 Å². The maximum Gasteiger partial charge on any atom is 0.426 e. The zero-order valence-corrected chi connectivity index (χ0v) is 7.86. The minimum Gasteiger partial charge on any atom is -0.480 e. The fraction of sp³-hybridized carbons (Fsp3) is 0.750. The monoisotopic (exact) mass is 202 g/mol. The Hall–Kier alpha value is -1.30. The second-order valence-electron chi connectivity index (χ2n) is 3.12. The first kappa shape index (κ1) is 10.8. The Morgan fingerprint density at radius 3 is 2.50 bits per heavy atom. The quantitative estimate of drug-likeness (QED) is 0.683. The molecule has 6 heteroatoms. The third kappa shape index (κ3) is 4.08. The fourth-order valence-electron chi connectivity index (χ4n) is 1.25. The predicted molar refractivity (Wildman–Crippen MR) is 47.5 cm³/mol. The van der Waals surface area contributed by atoms with Crippen molar-refractivity contribution in [2.24, 2.45) is 0 Å². The Morgan fingerprint density at radius 1 is 1.29 bits per heavy atom. The van der Waals surface area contributed by atoms with Crippen LogP contribution in [0.2, 0.25) is 0 Å². The van der Waals surface area contributed by atoms with Gasteiger partial charge in [-0.1, -0.05) is 6.42 Å². The van der Waals surface area contributed by atoms with Gasteiger partial charge >= 0.3 is 12.1 Å². The highest BCUT2D eigenvalue weighted by molar-refractivity contribution is 5.76. The van der Waals surface area contributed by atoms with E-state index in [-0.39, 0.29) is 0 Å². The second kappa shape index (κ2) is 5.43. The summed E-state index contributed by atoms with van der Waals surface area (Å²) in [5.41, 5.74) is 0. The molecule has 1 saturated heterocycles. The van der Waals surface area contributed by atoms with Gasteiger partial charge in [-0.3, -0.25) is 4.79 Å². The van der Waals surface area contributed by atoms with E-state index >= 15 is 0 Å². The van der Waals surface area contributed by atoms with Crippen LogP contribution in [0, 0.1) is 0 Å². The molecule has 1 heterocycles. The van der Waals surface area contributed by atoms with Gasteiger partial charge in [0.2, 0.25) is 0 Å². The van der Waals surface area contributed by atoms with Gasteiger partial charge < -0.3 is 15.3 Å². The highest BCUT2D eigenvalue weighted by Gasteiger charge is 2.14. The van der Waals surface area contributed by atoms with Crippen LogP contribution in [0.3, 0.4) is 0 Å². The van der Waals surface area contributed by atoms with Crippen LogP contribution in [-0.4, -0.2) is 41.9 Å². The number of nitrogens with one attached hydrogen (secondary N) is 1. The summed E-state index contributed by atoms with van der Waals surface area (Å²) in [6, 6.07) is 0. The normalized spacial score (nSPS) is 17.4. The molecule has 6 nitrogen and oxygen atoms in total. The number of carbonyl (C=O) groups is 2. The van der Waals surface area contributed by atoms with Crippen molar-refractivity contribution in [1.82, 2.24) is 10.4 Å². The van der Waals surface area contributed by atoms with Gasteiger partial charge in [0.1, 0.15) is 6.54 Å². The fourth-order valence-corrected chi connectivity index (χ4v) is 1.25. The standard InChI is InChI=1S/C8H14N2O4/c11-7(12)6-9-8(13)14-10-4-2-1-3-5-10/h1-6H2,(H,9,13)(H,11,12). The molecule has 0 aromatic heterocycles. The third-order valence-electron chi connectivity index (χ3n) is 1.91. The van der Waals surface area contributed by atoms with E-state index < -0.39 is 18.6 Å². The highest BCUT2D eigenvalue weighted by Crippen LogP contribution is 2.08. The van der Waals surface area contributed by atoms with Gasteiger partial charge in [0.05, 0.1) is 0 Å². The lowest BCUT2D eigenvalue weighted by molar-refractivity contribution is -0.137. The molecule has 0 spiro atoms. The molecule has 0 saturated carbocycles. The first-order valence-corrected chi connectivity index (χ1v) is 4.61. The second-order valence-corrected chi connectivity index (χ2v) is 3.12. The summed E-state index contributed by atoms with van der Waals surface area (Å²) in [7, 11) is 0. The number of hydrogen-bond acceptors (Lipinski definition) is 4. The highest BCUT2D eigenvalue weighted by atomic mass is 16.7. The van der Waals surface area contributed by atoms with Crippen molar-refractivity contribution in [2.75, 3.05) is 19.6 Å². The molecule has 1 amide bonds. The number of hydrogen-bond donors (Lipinski definition) is 2. The number of rotatable bonds is 3. The van der Waals surface area contributed by atoms with E-state index in [9.17, 15) is 9.59 Å². The van der Waals surface area contributed by atoms with Crippen LogP contribution in [-0.2, 0) is 9.63 Å². The molecule has 1 rings (SSSR count). The van der Waals surface area contributed by atoms with E-state index in [0.717, 1.165) is 32.4 Å². The summed E-state index contributed by atoms with van der Waals surface area (Å²) in [6.07, 6.45) is 2.46. The summed E-state index contributed by atoms with van der Waals surface area (Å²) in [5, 5.41) is 12.0. The summed E-state index contributed by atoms with van der Waals surface area (Å²) in [6.45, 7) is 1.04. The maximum absolute atomic E-state index is 11.0. The van der Waals surface area contributed by atoms with Crippen molar-refractivity contribution in [3.63, 3.8) is 0 Å². The lowest BCUT2D eigenvalue weighted by atomic mass is 10.2. The van der Waals surface area contributed by atoms with Gasteiger partial charge in [0.15, 0.2) is 0 Å². The summed E-state index contributed by atoms with van der Waals surface area (Å²) < 4.78 is 0. The topological polar surface area (TPSA) is 78.9 Å². The number of carboxylic acids is 1. The van der Waals surface area contributed by atoms with Gasteiger partial charge in [-0.2, -0.15) is 0 Å². The number of amides is 1. The Morgan fingerprint density at radius 2 is 1.93 bits per heavy atom. The minimum absolute atomic E-state index is 0.410. The van der Waals surface area contributed by atoms with Gasteiger partial charge in [-0.25, -0.2) is 4.79 Å². The lowest BCUT2D eigenvalue weighted by Crippen LogP contribution is -2.38. The molecule has 0 radical (unpaired) electrons. The number of hydroxylamine groups is 2. The van der Waals surface area contributed by atoms with Crippen LogP contribution in [0.4, 0.5) is 4.79 Å². The zero-order chi connectivity index (χ0) is 10.4. The van der Waals surface area contributed by atoms with Gasteiger partial charge in [-0.15, -0.1) is 5.06 Å². The SMILES string of the molecule is O=C(O)CNC(=O)ON1CCCCC1. The number of nitrogens with zero attached hydrogens (tertiary/aromatic N) is 1. The summed E-state index contributed by atoms with van der Waals surface area (Å²) in [4.78, 5) is 26.0. The Labute approximate surface area is 81.8 Å². The summed E-state index contributed by atoms with van der Waals surface area (Å²) >= 11 is 0. The largest absolute Gasteiger partial charge is 0.480 e. The molecule has 0 aliphatic carbocycles. The Bertz CT molecular complexity index is 213. The van der Waals surface area contributed by atoms with Crippen LogP contribution < -0.4 is 5.32 Å². The molecule has 0 bridgehead atoms. The van der Waals surface area contributed by atoms with Crippen LogP contribution in [0.5, 0.6) is 0 Å². The van der Waals surface area contributed by atoms with Crippen molar-refractivity contribution < 1.29 is 19.5 Å². The zero-order valence-electron chi connectivity index (χ0n) is 7.86. The molecule has 1 aliphatic rings. The third-order valence-corrected chi connectivity index (χ3v) is 1.91. The molecule has 2 N–H and O–H groups in total. The molecule has 1 fully saturated rings. The van der Waals surface area contributed by atoms with E-state index in [1.807, 2.05) is 0 Å². The van der Waals surface area contributed by atoms with Gasteiger partial charge in [0, 0.05) is 13.1 Å². The molecule has 14 heavy (non-hydrogen) atoms. The molecule has 0 aromatic rings. The predicted octanol–water partition coefficient (Wildman–Crippen LogP) is 0.198. The molecule has 0 unspecified atom stereocenters. The van der Waals surface area contributed by atoms with E-state index in [1.54, 1.807) is 5.06 Å². The number of aliphatic carboxylic acids is 1. The van der Waals surface area contributed by atoms with Crippen LogP contribution >= 0.6 is 0 Å². The molecular formula is C8H14N2O4. The number of piperidine rings is 1. The first-order valence-electron chi connectivity index (χ1n) is 4.61. The number of carbonyl (C=O) groups excluding carboxylic acids is 1. The maximum atomic E-state index is 11.0. The average Bonchev–Trinajstić information content (AvgIpc) is 2.16. The van der Waals surface area contributed by atoms with E-state index in [1.165, 1.54) is 0 Å². The van der Waals surface area contributed by atoms with Crippen molar-refractivity contribution in [3.8, 4) is 0 Å². The van der Waals surface area contributed by atoms with E-state index in [4.69, 9.17) is 9.94 Å². The number of carboxylic acid groups (broad SMARTS) is 1. The Balaban J connectivity index is 2.15. The molecule has 80 valence electrons. The van der Waals surface area contributed by atoms with Crippen molar-refractivity contribution in [2.45, 2.75) is 19.3 Å². The molecule has 0 atom stereocenters. The van der Waals surface area contributed by atoms with Gasteiger partial charge in [-0.05, 0) is 12.8 Å². The van der Waals surface area contributed by atoms with Crippen LogP contribution in [0.1, 0.15) is 19.3 Å². The minimum atomic E-state index is -1.08. The van der Waals surface area contributed by atoms with Crippen LogP contribution in [0.25, 0.3) is 0 Å². The average molecular weight is 202 g/mol. The molecule has 1 aliphatic heterocycles. The van der Waals surface area contributed by atoms with E-state index in [0.29, 0.717) is 0 Å². The van der Waals surface area contributed by atoms with Crippen molar-refractivity contribution in [1.29, 1.82) is 0 Å². The van der Waals surface area contributed by atoms with E-state index in [2.05, 4.69) is 5.32 Å². The summed E-state index contributed by atoms with van der Waals surface area (Å²) in [5.74, 6) is -1.08. The Kier molecular flexibility index (Phi) is 4.18. The molecule has 0 aromatic carbocycles.